The van der Waals surface area contributed by atoms with Crippen molar-refractivity contribution in [1.82, 2.24) is 15.5 Å². The van der Waals surface area contributed by atoms with Crippen LogP contribution in [-0.2, 0) is 20.7 Å². The number of rotatable bonds is 8. The summed E-state index contributed by atoms with van der Waals surface area (Å²) in [6, 6.07) is 0. The van der Waals surface area contributed by atoms with Crippen LogP contribution in [0.2, 0.25) is 0 Å². The van der Waals surface area contributed by atoms with Crippen LogP contribution in [0.1, 0.15) is 42.6 Å². The predicted molar refractivity (Wildman–Crippen MR) is 83.8 cm³/mol. The van der Waals surface area contributed by atoms with Crippen molar-refractivity contribution in [3.8, 4) is 0 Å². The molecule has 0 aromatic carbocycles. The Hall–Kier alpha value is -1.40. The predicted octanol–water partition coefficient (Wildman–Crippen LogP) is 1.66. The van der Waals surface area contributed by atoms with Crippen molar-refractivity contribution in [2.75, 3.05) is 26.4 Å². The van der Waals surface area contributed by atoms with Crippen molar-refractivity contribution < 1.29 is 14.3 Å². The molecule has 0 bridgehead atoms. The molecule has 2 heterocycles. The molecule has 1 atom stereocenters. The topological polar surface area (TPSA) is 76.2 Å². The normalized spacial score (nSPS) is 18.4. The van der Waals surface area contributed by atoms with E-state index in [0.717, 1.165) is 43.7 Å². The summed E-state index contributed by atoms with van der Waals surface area (Å²) >= 11 is 0. The Bertz CT molecular complexity index is 448. The minimum absolute atomic E-state index is 0.0588. The van der Waals surface area contributed by atoms with E-state index in [-0.39, 0.29) is 18.6 Å². The first-order valence-electron chi connectivity index (χ1n) is 8.13. The van der Waals surface area contributed by atoms with Gasteiger partial charge in [-0.3, -0.25) is 9.89 Å². The summed E-state index contributed by atoms with van der Waals surface area (Å²) in [5.74, 6) is -0.0588. The number of aryl methyl sites for hydroxylation is 2. The third-order valence-corrected chi connectivity index (χ3v) is 4.02. The van der Waals surface area contributed by atoms with Crippen LogP contribution < -0.4 is 5.32 Å². The molecule has 1 amide bonds. The lowest BCUT2D eigenvalue weighted by Crippen LogP contribution is -2.31. The SMILES string of the molecule is Cc1n[nH]c(C)c1CCCNC(=O)COC[C@@H]1CCCCO1. The monoisotopic (exact) mass is 309 g/mol. The Morgan fingerprint density at radius 3 is 3.00 bits per heavy atom. The Morgan fingerprint density at radius 1 is 1.45 bits per heavy atom. The Morgan fingerprint density at radius 2 is 2.32 bits per heavy atom. The lowest BCUT2D eigenvalue weighted by Gasteiger charge is -2.22. The van der Waals surface area contributed by atoms with Crippen molar-refractivity contribution in [2.45, 2.75) is 52.1 Å². The standard InChI is InChI=1S/C16H27N3O3/c1-12-15(13(2)19-18-12)7-5-8-17-16(20)11-21-10-14-6-3-4-9-22-14/h14H,3-11H2,1-2H3,(H,17,20)(H,18,19)/t14-/m0/s1. The van der Waals surface area contributed by atoms with E-state index in [1.54, 1.807) is 0 Å². The van der Waals surface area contributed by atoms with Crippen LogP contribution in [0.15, 0.2) is 0 Å². The molecule has 0 spiro atoms. The van der Waals surface area contributed by atoms with Crippen molar-refractivity contribution in [3.05, 3.63) is 17.0 Å². The fraction of sp³-hybridized carbons (Fsp3) is 0.750. The number of nitrogens with one attached hydrogen (secondary N) is 2. The zero-order valence-corrected chi connectivity index (χ0v) is 13.6. The molecule has 1 aliphatic heterocycles. The molecule has 0 saturated carbocycles. The van der Waals surface area contributed by atoms with Gasteiger partial charge in [0.25, 0.3) is 0 Å². The summed E-state index contributed by atoms with van der Waals surface area (Å²) in [6.45, 7) is 6.12. The third kappa shape index (κ3) is 5.42. The molecule has 2 N–H and O–H groups in total. The van der Waals surface area contributed by atoms with Gasteiger partial charge in [-0.1, -0.05) is 0 Å². The molecule has 124 valence electrons. The first-order valence-corrected chi connectivity index (χ1v) is 8.13. The van der Waals surface area contributed by atoms with Crippen LogP contribution in [0.5, 0.6) is 0 Å². The molecule has 0 aliphatic carbocycles. The summed E-state index contributed by atoms with van der Waals surface area (Å²) in [4.78, 5) is 11.7. The van der Waals surface area contributed by atoms with Crippen LogP contribution in [-0.4, -0.2) is 48.6 Å². The van der Waals surface area contributed by atoms with Crippen LogP contribution >= 0.6 is 0 Å². The molecule has 1 aliphatic rings. The number of H-pyrrole nitrogens is 1. The van der Waals surface area contributed by atoms with E-state index in [9.17, 15) is 4.79 Å². The molecule has 1 fully saturated rings. The number of hydrogen-bond acceptors (Lipinski definition) is 4. The number of carbonyl (C=O) groups is 1. The van der Waals surface area contributed by atoms with Crippen molar-refractivity contribution >= 4 is 5.91 Å². The average Bonchev–Trinajstić information content (AvgIpc) is 2.84. The number of ether oxygens (including phenoxy) is 2. The summed E-state index contributed by atoms with van der Waals surface area (Å²) in [5, 5.41) is 10.0. The summed E-state index contributed by atoms with van der Waals surface area (Å²) in [6.07, 6.45) is 5.34. The third-order valence-electron chi connectivity index (χ3n) is 4.02. The maximum Gasteiger partial charge on any atom is 0.245 e. The van der Waals surface area contributed by atoms with E-state index in [1.807, 2.05) is 13.8 Å². The molecule has 1 saturated heterocycles. The van der Waals surface area contributed by atoms with Crippen LogP contribution in [0, 0.1) is 13.8 Å². The van der Waals surface area contributed by atoms with Gasteiger partial charge < -0.3 is 14.8 Å². The zero-order chi connectivity index (χ0) is 15.8. The van der Waals surface area contributed by atoms with Gasteiger partial charge in [0.1, 0.15) is 6.61 Å². The van der Waals surface area contributed by atoms with Gasteiger partial charge >= 0.3 is 0 Å². The molecular formula is C16H27N3O3. The van der Waals surface area contributed by atoms with Crippen molar-refractivity contribution in [3.63, 3.8) is 0 Å². The summed E-state index contributed by atoms with van der Waals surface area (Å²) in [7, 11) is 0. The molecule has 6 heteroatoms. The molecule has 22 heavy (non-hydrogen) atoms. The lowest BCUT2D eigenvalue weighted by atomic mass is 10.1. The number of amides is 1. The highest BCUT2D eigenvalue weighted by Gasteiger charge is 2.14. The summed E-state index contributed by atoms with van der Waals surface area (Å²) < 4.78 is 11.0. The average molecular weight is 309 g/mol. The van der Waals surface area contributed by atoms with E-state index < -0.39 is 0 Å². The van der Waals surface area contributed by atoms with E-state index in [2.05, 4.69) is 15.5 Å². The van der Waals surface area contributed by atoms with Gasteiger partial charge in [0.15, 0.2) is 0 Å². The molecule has 1 aromatic heterocycles. The smallest absolute Gasteiger partial charge is 0.245 e. The van der Waals surface area contributed by atoms with Gasteiger partial charge in [-0.25, -0.2) is 0 Å². The second kappa shape index (κ2) is 8.90. The van der Waals surface area contributed by atoms with Gasteiger partial charge in [0.05, 0.1) is 18.4 Å². The number of hydrogen-bond donors (Lipinski definition) is 2. The summed E-state index contributed by atoms with van der Waals surface area (Å²) in [5.41, 5.74) is 3.40. The van der Waals surface area contributed by atoms with Gasteiger partial charge in [-0.2, -0.15) is 5.10 Å². The van der Waals surface area contributed by atoms with Gasteiger partial charge in [0, 0.05) is 18.8 Å². The van der Waals surface area contributed by atoms with Gasteiger partial charge in [-0.05, 0) is 51.5 Å². The number of carbonyl (C=O) groups excluding carboxylic acids is 1. The number of aromatic amines is 1. The fourth-order valence-electron chi connectivity index (χ4n) is 2.71. The maximum atomic E-state index is 11.7. The lowest BCUT2D eigenvalue weighted by molar-refractivity contribution is -0.127. The highest BCUT2D eigenvalue weighted by atomic mass is 16.5. The van der Waals surface area contributed by atoms with Crippen molar-refractivity contribution in [2.24, 2.45) is 0 Å². The van der Waals surface area contributed by atoms with Gasteiger partial charge in [-0.15, -0.1) is 0 Å². The second-order valence-electron chi connectivity index (χ2n) is 5.87. The molecule has 1 aromatic rings. The van der Waals surface area contributed by atoms with E-state index in [0.29, 0.717) is 13.2 Å². The van der Waals surface area contributed by atoms with Crippen LogP contribution in [0.25, 0.3) is 0 Å². The number of nitrogens with zero attached hydrogens (tertiary/aromatic N) is 1. The first-order chi connectivity index (χ1) is 10.7. The number of aromatic nitrogens is 2. The van der Waals surface area contributed by atoms with Crippen LogP contribution in [0.3, 0.4) is 0 Å². The van der Waals surface area contributed by atoms with Crippen LogP contribution in [0.4, 0.5) is 0 Å². The highest BCUT2D eigenvalue weighted by Crippen LogP contribution is 2.13. The van der Waals surface area contributed by atoms with E-state index >= 15 is 0 Å². The zero-order valence-electron chi connectivity index (χ0n) is 13.6. The minimum atomic E-state index is -0.0588. The molecule has 6 nitrogen and oxygen atoms in total. The Kier molecular flexibility index (Phi) is 6.86. The maximum absolute atomic E-state index is 11.7. The fourth-order valence-corrected chi connectivity index (χ4v) is 2.71. The van der Waals surface area contributed by atoms with E-state index in [4.69, 9.17) is 9.47 Å². The molecular weight excluding hydrogens is 282 g/mol. The quantitative estimate of drug-likeness (QED) is 0.716. The second-order valence-corrected chi connectivity index (χ2v) is 5.87. The molecule has 2 rings (SSSR count). The van der Waals surface area contributed by atoms with E-state index in [1.165, 1.54) is 12.0 Å². The highest BCUT2D eigenvalue weighted by molar-refractivity contribution is 5.77. The molecule has 0 radical (unpaired) electrons. The largest absolute Gasteiger partial charge is 0.376 e. The first kappa shape index (κ1) is 17.0. The van der Waals surface area contributed by atoms with Gasteiger partial charge in [0.2, 0.25) is 5.91 Å². The Labute approximate surface area is 132 Å². The van der Waals surface area contributed by atoms with Crippen molar-refractivity contribution in [1.29, 1.82) is 0 Å². The Balaban J connectivity index is 1.52. The minimum Gasteiger partial charge on any atom is -0.376 e. The molecule has 0 unspecified atom stereocenters.